The second-order valence-corrected chi connectivity index (χ2v) is 14.0. The van der Waals surface area contributed by atoms with Gasteiger partial charge in [0.1, 0.15) is 0 Å². The van der Waals surface area contributed by atoms with Crippen LogP contribution >= 0.6 is 6.83 Å². The molecule has 0 aliphatic heterocycles. The number of carbonyl (C=O) groups excluding carboxylic acids is 1. The van der Waals surface area contributed by atoms with E-state index in [1.807, 2.05) is 13.8 Å². The molecule has 0 aromatic heterocycles. The van der Waals surface area contributed by atoms with Crippen LogP contribution in [0.25, 0.3) is 0 Å². The second kappa shape index (κ2) is 12.3. The zero-order valence-electron chi connectivity index (χ0n) is 18.0. The predicted molar refractivity (Wildman–Crippen MR) is 115 cm³/mol. The van der Waals surface area contributed by atoms with Crippen LogP contribution in [0, 0.1) is 5.92 Å². The van der Waals surface area contributed by atoms with Crippen LogP contribution in [-0.2, 0) is 9.32 Å². The molecule has 25 heavy (non-hydrogen) atoms. The first-order valence-corrected chi connectivity index (χ1v) is 13.7. The third-order valence-corrected chi connectivity index (χ3v) is 12.1. The first-order chi connectivity index (χ1) is 11.8. The minimum atomic E-state index is -2.53. The monoisotopic (exact) mass is 375 g/mol. The normalized spacial score (nSPS) is 15.0. The van der Waals surface area contributed by atoms with E-state index in [0.29, 0.717) is 0 Å². The molecule has 0 aliphatic rings. The van der Waals surface area contributed by atoms with Crippen molar-refractivity contribution in [2.24, 2.45) is 11.7 Å². The van der Waals surface area contributed by atoms with Crippen molar-refractivity contribution in [3.05, 3.63) is 0 Å². The molecule has 0 spiro atoms. The quantitative estimate of drug-likeness (QED) is 0.348. The SMILES string of the molecule is CCCCP(CCCC)(CCCC)(CCCC)OC(=O)[C@H](N)C(C)C. The summed E-state index contributed by atoms with van der Waals surface area (Å²) in [6.45, 7) is 10.5. The summed E-state index contributed by atoms with van der Waals surface area (Å²) in [6.07, 6.45) is 13.8. The first-order valence-electron chi connectivity index (χ1n) is 10.8. The fourth-order valence-corrected chi connectivity index (χ4v) is 10.5. The molecule has 0 aromatic carbocycles. The summed E-state index contributed by atoms with van der Waals surface area (Å²) >= 11 is 0. The Morgan fingerprint density at radius 1 is 0.800 bits per heavy atom. The van der Waals surface area contributed by atoms with Gasteiger partial charge in [-0.1, -0.05) is 0 Å². The Hall–Kier alpha value is -0.140. The van der Waals surface area contributed by atoms with Crippen molar-refractivity contribution in [2.45, 2.75) is 99.0 Å². The average molecular weight is 376 g/mol. The van der Waals surface area contributed by atoms with E-state index in [1.165, 1.54) is 25.7 Å². The molecule has 0 aliphatic carbocycles. The predicted octanol–water partition coefficient (Wildman–Crippen LogP) is 6.18. The van der Waals surface area contributed by atoms with Crippen LogP contribution in [0.15, 0.2) is 0 Å². The van der Waals surface area contributed by atoms with E-state index in [1.54, 1.807) is 0 Å². The maximum absolute atomic E-state index is 12.9. The van der Waals surface area contributed by atoms with Crippen LogP contribution in [0.1, 0.15) is 92.9 Å². The van der Waals surface area contributed by atoms with Crippen molar-refractivity contribution in [3.63, 3.8) is 0 Å². The van der Waals surface area contributed by atoms with E-state index in [2.05, 4.69) is 27.7 Å². The number of nitrogens with two attached hydrogens (primary N) is 1. The van der Waals surface area contributed by atoms with Crippen LogP contribution in [-0.4, -0.2) is 36.7 Å². The van der Waals surface area contributed by atoms with E-state index >= 15 is 0 Å². The molecular formula is C21H46NO2P. The molecule has 1 atom stereocenters. The van der Waals surface area contributed by atoms with E-state index in [4.69, 9.17) is 10.3 Å². The van der Waals surface area contributed by atoms with Crippen molar-refractivity contribution < 1.29 is 9.32 Å². The van der Waals surface area contributed by atoms with Gasteiger partial charge >= 0.3 is 157 Å². The Morgan fingerprint density at radius 3 is 1.36 bits per heavy atom. The molecule has 0 amide bonds. The number of rotatable bonds is 15. The van der Waals surface area contributed by atoms with Crippen molar-refractivity contribution in [1.82, 2.24) is 0 Å². The van der Waals surface area contributed by atoms with Gasteiger partial charge in [0.25, 0.3) is 0 Å². The number of hydrogen-bond donors (Lipinski definition) is 1. The van der Waals surface area contributed by atoms with Crippen LogP contribution < -0.4 is 5.73 Å². The van der Waals surface area contributed by atoms with Crippen LogP contribution in [0.5, 0.6) is 0 Å². The van der Waals surface area contributed by atoms with Crippen molar-refractivity contribution in [2.75, 3.05) is 24.6 Å². The third-order valence-electron chi connectivity index (χ3n) is 5.65. The van der Waals surface area contributed by atoms with E-state index in [0.717, 1.165) is 50.3 Å². The van der Waals surface area contributed by atoms with E-state index in [9.17, 15) is 4.79 Å². The molecule has 0 fully saturated rings. The van der Waals surface area contributed by atoms with Gasteiger partial charge in [-0.3, -0.25) is 0 Å². The molecule has 4 heteroatoms. The molecule has 0 aromatic rings. The number of unbranched alkanes of at least 4 members (excludes halogenated alkanes) is 4. The molecule has 0 saturated heterocycles. The molecule has 0 radical (unpaired) electrons. The Labute approximate surface area is 157 Å². The second-order valence-electron chi connectivity index (χ2n) is 8.35. The Bertz CT molecular complexity index is 327. The average Bonchev–Trinajstić information content (AvgIpc) is 2.61. The van der Waals surface area contributed by atoms with Gasteiger partial charge in [0.05, 0.1) is 0 Å². The summed E-state index contributed by atoms with van der Waals surface area (Å²) in [7, 11) is 0. The molecule has 0 unspecified atom stereocenters. The van der Waals surface area contributed by atoms with Gasteiger partial charge < -0.3 is 0 Å². The fourth-order valence-electron chi connectivity index (χ4n) is 3.67. The molecule has 3 nitrogen and oxygen atoms in total. The van der Waals surface area contributed by atoms with Crippen molar-refractivity contribution in [1.29, 1.82) is 0 Å². The maximum atomic E-state index is 12.9. The molecule has 0 heterocycles. The zero-order chi connectivity index (χ0) is 19.4. The van der Waals surface area contributed by atoms with Gasteiger partial charge in [-0.05, 0) is 0 Å². The first kappa shape index (κ1) is 24.9. The van der Waals surface area contributed by atoms with E-state index in [-0.39, 0.29) is 11.9 Å². The van der Waals surface area contributed by atoms with Crippen molar-refractivity contribution >= 4 is 12.8 Å². The van der Waals surface area contributed by atoms with Gasteiger partial charge in [0, 0.05) is 0 Å². The molecule has 152 valence electrons. The minimum absolute atomic E-state index is 0.129. The molecular weight excluding hydrogens is 329 g/mol. The molecule has 2 N–H and O–H groups in total. The molecule has 0 rings (SSSR count). The third kappa shape index (κ3) is 7.95. The van der Waals surface area contributed by atoms with Gasteiger partial charge in [-0.15, -0.1) is 0 Å². The summed E-state index contributed by atoms with van der Waals surface area (Å²) < 4.78 is 6.62. The Kier molecular flexibility index (Phi) is 12.2. The number of hydrogen-bond acceptors (Lipinski definition) is 3. The van der Waals surface area contributed by atoms with Gasteiger partial charge in [0.15, 0.2) is 0 Å². The topological polar surface area (TPSA) is 52.3 Å². The van der Waals surface area contributed by atoms with Crippen molar-refractivity contribution in [3.8, 4) is 0 Å². The summed E-state index contributed by atoms with van der Waals surface area (Å²) in [5.41, 5.74) is 6.19. The Morgan fingerprint density at radius 2 is 1.12 bits per heavy atom. The van der Waals surface area contributed by atoms with Crippen LogP contribution in [0.4, 0.5) is 0 Å². The molecule has 0 bridgehead atoms. The van der Waals surface area contributed by atoms with Crippen LogP contribution in [0.3, 0.4) is 0 Å². The summed E-state index contributed by atoms with van der Waals surface area (Å²) in [4.78, 5) is 12.9. The summed E-state index contributed by atoms with van der Waals surface area (Å²) in [6, 6.07) is -0.493. The van der Waals surface area contributed by atoms with Gasteiger partial charge in [-0.2, -0.15) is 0 Å². The Balaban J connectivity index is 5.84. The fraction of sp³-hybridized carbons (Fsp3) is 0.952. The summed E-state index contributed by atoms with van der Waals surface area (Å²) in [5.74, 6) is -0.00316. The van der Waals surface area contributed by atoms with Gasteiger partial charge in [-0.25, -0.2) is 0 Å². The zero-order valence-corrected chi connectivity index (χ0v) is 18.9. The van der Waals surface area contributed by atoms with Crippen LogP contribution in [0.2, 0.25) is 0 Å². The van der Waals surface area contributed by atoms with E-state index < -0.39 is 12.9 Å². The van der Waals surface area contributed by atoms with Gasteiger partial charge in [0.2, 0.25) is 0 Å². The standard InChI is InChI=1S/C21H46NO2P/c1-7-11-15-25(16-12-8-2,17-13-9-3,18-14-10-4)24-21(23)20(22)19(5)6/h19-20H,7-18,22H2,1-6H3/t20-/m1/s1. The summed E-state index contributed by atoms with van der Waals surface area (Å²) in [5, 5.41) is 0. The number of carbonyl (C=O) groups is 1. The molecule has 0 saturated carbocycles.